The molecule has 0 fully saturated rings. The van der Waals surface area contributed by atoms with Gasteiger partial charge < -0.3 is 5.73 Å². The summed E-state index contributed by atoms with van der Waals surface area (Å²) >= 11 is 0. The van der Waals surface area contributed by atoms with Crippen molar-refractivity contribution in [1.82, 2.24) is 0 Å². The zero-order chi connectivity index (χ0) is 15.5. The third-order valence-electron chi connectivity index (χ3n) is 2.93. The number of carbonyl (C=O) groups is 1. The molecule has 0 bridgehead atoms. The first kappa shape index (κ1) is 15.2. The molecule has 0 radical (unpaired) electrons. The summed E-state index contributed by atoms with van der Waals surface area (Å²) < 4.78 is 29.0. The smallest absolute Gasteiger partial charge is 0.297 e. The number of rotatable bonds is 5. The normalized spacial score (nSPS) is 11.3. The summed E-state index contributed by atoms with van der Waals surface area (Å²) in [6.07, 6.45) is 0. The van der Waals surface area contributed by atoms with Gasteiger partial charge in [-0.05, 0) is 36.8 Å². The van der Waals surface area contributed by atoms with E-state index in [1.807, 2.05) is 6.92 Å². The maximum Gasteiger partial charge on any atom is 0.297 e. The predicted octanol–water partition coefficient (Wildman–Crippen LogP) is 2.00. The average Bonchev–Trinajstić information content (AvgIpc) is 2.46. The van der Waals surface area contributed by atoms with Gasteiger partial charge in [-0.2, -0.15) is 8.42 Å². The van der Waals surface area contributed by atoms with Crippen molar-refractivity contribution < 1.29 is 17.4 Å². The molecule has 0 aromatic heterocycles. The van der Waals surface area contributed by atoms with Crippen molar-refractivity contribution in [2.45, 2.75) is 18.4 Å². The van der Waals surface area contributed by atoms with Gasteiger partial charge in [-0.15, -0.1) is 0 Å². The zero-order valence-corrected chi connectivity index (χ0v) is 12.3. The lowest BCUT2D eigenvalue weighted by Gasteiger charge is -2.06. The lowest BCUT2D eigenvalue weighted by atomic mass is 10.1. The van der Waals surface area contributed by atoms with Gasteiger partial charge in [0.2, 0.25) is 5.91 Å². The molecule has 0 aliphatic carbocycles. The second kappa shape index (κ2) is 6.07. The van der Waals surface area contributed by atoms with Gasteiger partial charge in [-0.25, -0.2) is 0 Å². The molecule has 0 unspecified atom stereocenters. The first-order valence-electron chi connectivity index (χ1n) is 6.23. The molecule has 0 saturated carbocycles. The van der Waals surface area contributed by atoms with Crippen LogP contribution in [0.2, 0.25) is 0 Å². The summed E-state index contributed by atoms with van der Waals surface area (Å²) in [5.74, 6) is -0.533. The first-order valence-corrected chi connectivity index (χ1v) is 7.64. The van der Waals surface area contributed by atoms with Gasteiger partial charge in [0.05, 0.1) is 11.5 Å². The van der Waals surface area contributed by atoms with E-state index in [-0.39, 0.29) is 11.5 Å². The zero-order valence-electron chi connectivity index (χ0n) is 11.4. The molecule has 2 aromatic rings. The Morgan fingerprint density at radius 3 is 2.14 bits per heavy atom. The van der Waals surface area contributed by atoms with Gasteiger partial charge in [-0.3, -0.25) is 8.98 Å². The lowest BCUT2D eigenvalue weighted by molar-refractivity contribution is 0.1000. The van der Waals surface area contributed by atoms with Crippen molar-refractivity contribution in [2.75, 3.05) is 0 Å². The molecule has 21 heavy (non-hydrogen) atoms. The van der Waals surface area contributed by atoms with Crippen LogP contribution in [0, 0.1) is 6.92 Å². The maximum absolute atomic E-state index is 12.0. The average molecular weight is 305 g/mol. The van der Waals surface area contributed by atoms with E-state index < -0.39 is 16.0 Å². The lowest BCUT2D eigenvalue weighted by Crippen LogP contribution is -2.11. The van der Waals surface area contributed by atoms with Crippen LogP contribution in [0.4, 0.5) is 0 Å². The number of primary amides is 1. The highest BCUT2D eigenvalue weighted by atomic mass is 32.2. The summed E-state index contributed by atoms with van der Waals surface area (Å²) in [6.45, 7) is 1.77. The minimum Gasteiger partial charge on any atom is -0.366 e. The molecular formula is C15H15NO4S. The molecule has 0 atom stereocenters. The van der Waals surface area contributed by atoms with Crippen LogP contribution in [0.5, 0.6) is 0 Å². The van der Waals surface area contributed by atoms with Crippen LogP contribution in [0.3, 0.4) is 0 Å². The molecule has 0 aliphatic rings. The van der Waals surface area contributed by atoms with Crippen LogP contribution in [-0.2, 0) is 20.9 Å². The summed E-state index contributed by atoms with van der Waals surface area (Å²) in [5.41, 5.74) is 7.09. The molecule has 1 amide bonds. The number of benzene rings is 2. The van der Waals surface area contributed by atoms with Gasteiger partial charge in [-0.1, -0.05) is 29.8 Å². The second-order valence-electron chi connectivity index (χ2n) is 4.59. The van der Waals surface area contributed by atoms with Crippen molar-refractivity contribution in [1.29, 1.82) is 0 Å². The van der Waals surface area contributed by atoms with E-state index in [1.54, 1.807) is 24.3 Å². The second-order valence-corrected chi connectivity index (χ2v) is 6.21. The Balaban J connectivity index is 2.08. The van der Waals surface area contributed by atoms with Crippen LogP contribution in [-0.4, -0.2) is 14.3 Å². The van der Waals surface area contributed by atoms with Crippen LogP contribution in [0.15, 0.2) is 53.4 Å². The van der Waals surface area contributed by atoms with E-state index >= 15 is 0 Å². The Hall–Kier alpha value is -2.18. The van der Waals surface area contributed by atoms with Gasteiger partial charge in [0.1, 0.15) is 0 Å². The highest BCUT2D eigenvalue weighted by Crippen LogP contribution is 2.15. The van der Waals surface area contributed by atoms with Crippen LogP contribution < -0.4 is 5.73 Å². The highest BCUT2D eigenvalue weighted by Gasteiger charge is 2.15. The summed E-state index contributed by atoms with van der Waals surface area (Å²) in [4.78, 5) is 11.0. The number of amides is 1. The minimum absolute atomic E-state index is 0.102. The van der Waals surface area contributed by atoms with Crippen molar-refractivity contribution in [3.8, 4) is 0 Å². The molecule has 110 valence electrons. The molecule has 6 heteroatoms. The third kappa shape index (κ3) is 3.90. The molecule has 2 aromatic carbocycles. The summed E-state index contributed by atoms with van der Waals surface area (Å²) in [5, 5.41) is 0. The highest BCUT2D eigenvalue weighted by molar-refractivity contribution is 7.86. The van der Waals surface area contributed by atoms with E-state index in [0.717, 1.165) is 5.56 Å². The van der Waals surface area contributed by atoms with Crippen LogP contribution >= 0.6 is 0 Å². The number of hydrogen-bond acceptors (Lipinski definition) is 4. The van der Waals surface area contributed by atoms with E-state index in [0.29, 0.717) is 11.1 Å². The fraction of sp³-hybridized carbons (Fsp3) is 0.133. The van der Waals surface area contributed by atoms with Crippen molar-refractivity contribution in [2.24, 2.45) is 5.73 Å². The van der Waals surface area contributed by atoms with Crippen molar-refractivity contribution in [3.05, 3.63) is 65.2 Å². The topological polar surface area (TPSA) is 86.5 Å². The van der Waals surface area contributed by atoms with Crippen molar-refractivity contribution >= 4 is 16.0 Å². The van der Waals surface area contributed by atoms with Gasteiger partial charge >= 0.3 is 0 Å². The van der Waals surface area contributed by atoms with Gasteiger partial charge in [0.25, 0.3) is 10.1 Å². The Labute approximate surface area is 123 Å². The standard InChI is InChI=1S/C15H15NO4S/c1-11-2-8-14(9-3-11)21(18,19)20-10-12-4-6-13(7-5-12)15(16)17/h2-9H,10H2,1H3,(H2,16,17). The number of hydrogen-bond donors (Lipinski definition) is 1. The quantitative estimate of drug-likeness (QED) is 0.856. The molecule has 0 aliphatic heterocycles. The number of aryl methyl sites for hydroxylation is 1. The Morgan fingerprint density at radius 2 is 1.62 bits per heavy atom. The summed E-state index contributed by atoms with van der Waals surface area (Å²) in [6, 6.07) is 12.7. The predicted molar refractivity (Wildman–Crippen MR) is 78.1 cm³/mol. The van der Waals surface area contributed by atoms with E-state index in [1.165, 1.54) is 24.3 Å². The van der Waals surface area contributed by atoms with E-state index in [4.69, 9.17) is 9.92 Å². The molecule has 5 nitrogen and oxygen atoms in total. The number of carbonyl (C=O) groups excluding carboxylic acids is 1. The molecule has 2 rings (SSSR count). The van der Waals surface area contributed by atoms with Crippen LogP contribution in [0.25, 0.3) is 0 Å². The first-order chi connectivity index (χ1) is 9.88. The molecule has 0 saturated heterocycles. The monoisotopic (exact) mass is 305 g/mol. The maximum atomic E-state index is 12.0. The Bertz CT molecular complexity index is 734. The van der Waals surface area contributed by atoms with E-state index in [2.05, 4.69) is 0 Å². The summed E-state index contributed by atoms with van der Waals surface area (Å²) in [7, 11) is -3.79. The van der Waals surface area contributed by atoms with Crippen LogP contribution in [0.1, 0.15) is 21.5 Å². The minimum atomic E-state index is -3.79. The van der Waals surface area contributed by atoms with Gasteiger partial charge in [0.15, 0.2) is 0 Å². The third-order valence-corrected chi connectivity index (χ3v) is 4.21. The van der Waals surface area contributed by atoms with E-state index in [9.17, 15) is 13.2 Å². The van der Waals surface area contributed by atoms with Crippen molar-refractivity contribution in [3.63, 3.8) is 0 Å². The molecular weight excluding hydrogens is 290 g/mol. The Morgan fingerprint density at radius 1 is 1.05 bits per heavy atom. The van der Waals surface area contributed by atoms with Gasteiger partial charge in [0, 0.05) is 5.56 Å². The largest absolute Gasteiger partial charge is 0.366 e. The molecule has 0 spiro atoms. The molecule has 0 heterocycles. The Kier molecular flexibility index (Phi) is 4.40. The fourth-order valence-corrected chi connectivity index (χ4v) is 2.58. The number of nitrogens with two attached hydrogens (primary N) is 1. The SMILES string of the molecule is Cc1ccc(S(=O)(=O)OCc2ccc(C(N)=O)cc2)cc1. The fourth-order valence-electron chi connectivity index (χ4n) is 1.68. The molecule has 2 N–H and O–H groups in total.